The first-order valence-electron chi connectivity index (χ1n) is 9.32. The van der Waals surface area contributed by atoms with Crippen molar-refractivity contribution in [3.8, 4) is 11.4 Å². The number of ether oxygens (including phenoxy) is 1. The normalized spacial score (nSPS) is 21.9. The Kier molecular flexibility index (Phi) is 4.59. The molecule has 0 bridgehead atoms. The number of carbonyl (C=O) groups is 2. The number of benzene rings is 1. The van der Waals surface area contributed by atoms with Crippen molar-refractivity contribution in [2.75, 3.05) is 20.7 Å². The number of hydrogen-bond donors (Lipinski definition) is 1. The molecule has 0 radical (unpaired) electrons. The summed E-state index contributed by atoms with van der Waals surface area (Å²) in [4.78, 5) is 26.0. The Morgan fingerprint density at radius 2 is 2.07 bits per heavy atom. The monoisotopic (exact) mass is 368 g/mol. The zero-order valence-electron chi connectivity index (χ0n) is 15.6. The predicted molar refractivity (Wildman–Crippen MR) is 99.7 cm³/mol. The molecule has 1 aliphatic carbocycles. The molecule has 1 aromatic carbocycles. The van der Waals surface area contributed by atoms with Gasteiger partial charge >= 0.3 is 0 Å². The Bertz CT molecular complexity index is 859. The molecule has 0 unspecified atom stereocenters. The van der Waals surface area contributed by atoms with Crippen LogP contribution in [-0.2, 0) is 16.0 Å². The number of carbonyl (C=O) groups excluding carboxylic acids is 2. The van der Waals surface area contributed by atoms with Crippen molar-refractivity contribution in [2.24, 2.45) is 5.92 Å². The third kappa shape index (κ3) is 3.29. The molecule has 142 valence electrons. The molecule has 0 spiro atoms. The second-order valence-corrected chi connectivity index (χ2v) is 7.29. The maximum Gasteiger partial charge on any atom is 0.225 e. The standard InChI is InChI=1S/C20H24N4O3/c1-23-12-13(10-19(23)25)20(26)22-17-4-3-5-18-16(17)11-21-24(18)14-6-8-15(27-2)9-7-14/h6-9,11,13,17H,3-5,10,12H2,1-2H3,(H,22,26)/t13-,17+/m1/s1. The van der Waals surface area contributed by atoms with Crippen LogP contribution in [0.15, 0.2) is 30.5 Å². The number of nitrogens with zero attached hydrogens (tertiary/aromatic N) is 3. The van der Waals surface area contributed by atoms with E-state index in [-0.39, 0.29) is 23.8 Å². The molecular weight excluding hydrogens is 344 g/mol. The molecule has 1 fully saturated rings. The maximum atomic E-state index is 12.6. The van der Waals surface area contributed by atoms with E-state index in [2.05, 4.69) is 10.4 Å². The minimum absolute atomic E-state index is 0.0341. The van der Waals surface area contributed by atoms with E-state index in [1.54, 1.807) is 19.1 Å². The largest absolute Gasteiger partial charge is 0.497 e. The van der Waals surface area contributed by atoms with Crippen LogP contribution in [0.25, 0.3) is 5.69 Å². The van der Waals surface area contributed by atoms with Crippen LogP contribution in [0.4, 0.5) is 0 Å². The summed E-state index contributed by atoms with van der Waals surface area (Å²) in [6.45, 7) is 0.495. The van der Waals surface area contributed by atoms with Crippen LogP contribution in [0, 0.1) is 5.92 Å². The summed E-state index contributed by atoms with van der Waals surface area (Å²) < 4.78 is 7.16. The van der Waals surface area contributed by atoms with Crippen molar-refractivity contribution in [1.82, 2.24) is 20.0 Å². The van der Waals surface area contributed by atoms with Crippen LogP contribution in [0.2, 0.25) is 0 Å². The number of amides is 2. The minimum Gasteiger partial charge on any atom is -0.497 e. The molecule has 2 atom stereocenters. The van der Waals surface area contributed by atoms with E-state index in [4.69, 9.17) is 4.74 Å². The third-order valence-electron chi connectivity index (χ3n) is 5.53. The van der Waals surface area contributed by atoms with E-state index >= 15 is 0 Å². The second kappa shape index (κ2) is 7.06. The van der Waals surface area contributed by atoms with Crippen molar-refractivity contribution in [3.05, 3.63) is 41.7 Å². The first kappa shape index (κ1) is 17.6. The molecule has 7 nitrogen and oxygen atoms in total. The van der Waals surface area contributed by atoms with E-state index in [1.807, 2.05) is 35.1 Å². The summed E-state index contributed by atoms with van der Waals surface area (Å²) in [6.07, 6.45) is 4.97. The fourth-order valence-electron chi connectivity index (χ4n) is 3.98. The highest BCUT2D eigenvalue weighted by atomic mass is 16.5. The van der Waals surface area contributed by atoms with Gasteiger partial charge < -0.3 is 15.0 Å². The number of hydrogen-bond acceptors (Lipinski definition) is 4. The third-order valence-corrected chi connectivity index (χ3v) is 5.53. The SMILES string of the molecule is COc1ccc(-n2ncc3c2CCC[C@@H]3NC(=O)[C@@H]2CC(=O)N(C)C2)cc1. The van der Waals surface area contributed by atoms with Crippen molar-refractivity contribution in [3.63, 3.8) is 0 Å². The van der Waals surface area contributed by atoms with Gasteiger partial charge in [-0.1, -0.05) is 0 Å². The summed E-state index contributed by atoms with van der Waals surface area (Å²) in [6, 6.07) is 7.75. The van der Waals surface area contributed by atoms with Gasteiger partial charge in [0.2, 0.25) is 11.8 Å². The first-order chi connectivity index (χ1) is 13.1. The smallest absolute Gasteiger partial charge is 0.225 e. The van der Waals surface area contributed by atoms with Gasteiger partial charge in [0.1, 0.15) is 5.75 Å². The van der Waals surface area contributed by atoms with E-state index < -0.39 is 0 Å². The summed E-state index contributed by atoms with van der Waals surface area (Å²) in [5.41, 5.74) is 3.19. The Labute approximate surface area is 158 Å². The number of methoxy groups -OCH3 is 1. The molecule has 2 amide bonds. The molecule has 1 aromatic heterocycles. The summed E-state index contributed by atoms with van der Waals surface area (Å²) >= 11 is 0. The van der Waals surface area contributed by atoms with Crippen LogP contribution in [-0.4, -0.2) is 47.2 Å². The van der Waals surface area contributed by atoms with E-state index in [9.17, 15) is 9.59 Å². The number of aromatic nitrogens is 2. The predicted octanol–water partition coefficient (Wildman–Crippen LogP) is 1.85. The highest BCUT2D eigenvalue weighted by Gasteiger charge is 2.34. The molecule has 2 aromatic rings. The molecular formula is C20H24N4O3. The molecule has 4 rings (SSSR count). The number of rotatable bonds is 4. The topological polar surface area (TPSA) is 76.5 Å². The number of fused-ring (bicyclic) bond motifs is 1. The summed E-state index contributed by atoms with van der Waals surface area (Å²) in [5, 5.41) is 7.71. The fourth-order valence-corrected chi connectivity index (χ4v) is 3.98. The zero-order chi connectivity index (χ0) is 19.0. The van der Waals surface area contributed by atoms with Gasteiger partial charge in [-0.15, -0.1) is 0 Å². The Balaban J connectivity index is 1.53. The van der Waals surface area contributed by atoms with Gasteiger partial charge in [-0.3, -0.25) is 9.59 Å². The van der Waals surface area contributed by atoms with E-state index in [0.717, 1.165) is 42.0 Å². The van der Waals surface area contributed by atoms with Gasteiger partial charge in [0, 0.05) is 31.3 Å². The van der Waals surface area contributed by atoms with Crippen molar-refractivity contribution < 1.29 is 14.3 Å². The zero-order valence-corrected chi connectivity index (χ0v) is 15.6. The van der Waals surface area contributed by atoms with E-state index in [0.29, 0.717) is 13.0 Å². The van der Waals surface area contributed by atoms with Gasteiger partial charge in [-0.2, -0.15) is 5.10 Å². The lowest BCUT2D eigenvalue weighted by Crippen LogP contribution is -2.36. The number of nitrogens with one attached hydrogen (secondary N) is 1. The first-order valence-corrected chi connectivity index (χ1v) is 9.32. The van der Waals surface area contributed by atoms with E-state index in [1.165, 1.54) is 0 Å². The molecule has 0 saturated carbocycles. The van der Waals surface area contributed by atoms with Crippen molar-refractivity contribution in [1.29, 1.82) is 0 Å². The van der Waals surface area contributed by atoms with Gasteiger partial charge in [-0.05, 0) is 43.5 Å². The van der Waals surface area contributed by atoms with Gasteiger partial charge in [0.15, 0.2) is 0 Å². The molecule has 7 heteroatoms. The van der Waals surface area contributed by atoms with Crippen molar-refractivity contribution in [2.45, 2.75) is 31.7 Å². The molecule has 1 saturated heterocycles. The second-order valence-electron chi connectivity index (χ2n) is 7.29. The van der Waals surface area contributed by atoms with Crippen LogP contribution in [0.5, 0.6) is 5.75 Å². The Morgan fingerprint density at radius 3 is 2.74 bits per heavy atom. The highest BCUT2D eigenvalue weighted by Crippen LogP contribution is 2.32. The molecule has 27 heavy (non-hydrogen) atoms. The maximum absolute atomic E-state index is 12.6. The minimum atomic E-state index is -0.260. The highest BCUT2D eigenvalue weighted by molar-refractivity contribution is 5.89. The molecule has 1 N–H and O–H groups in total. The molecule has 2 aliphatic rings. The Morgan fingerprint density at radius 1 is 1.30 bits per heavy atom. The van der Waals surface area contributed by atoms with Crippen LogP contribution >= 0.6 is 0 Å². The quantitative estimate of drug-likeness (QED) is 0.894. The average molecular weight is 368 g/mol. The lowest BCUT2D eigenvalue weighted by atomic mass is 9.92. The lowest BCUT2D eigenvalue weighted by Gasteiger charge is -2.25. The van der Waals surface area contributed by atoms with Crippen LogP contribution in [0.1, 0.15) is 36.6 Å². The average Bonchev–Trinajstić information content (AvgIpc) is 3.26. The number of likely N-dealkylation sites (tertiary alicyclic amines) is 1. The lowest BCUT2D eigenvalue weighted by molar-refractivity contribution is -0.128. The van der Waals surface area contributed by atoms with Gasteiger partial charge in [0.25, 0.3) is 0 Å². The van der Waals surface area contributed by atoms with Crippen LogP contribution < -0.4 is 10.1 Å². The van der Waals surface area contributed by atoms with Crippen molar-refractivity contribution >= 4 is 11.8 Å². The summed E-state index contributed by atoms with van der Waals surface area (Å²) in [5.74, 6) is 0.542. The fraction of sp³-hybridized carbons (Fsp3) is 0.450. The summed E-state index contributed by atoms with van der Waals surface area (Å²) in [7, 11) is 3.39. The van der Waals surface area contributed by atoms with Gasteiger partial charge in [0.05, 0.1) is 31.0 Å². The van der Waals surface area contributed by atoms with Gasteiger partial charge in [-0.25, -0.2) is 4.68 Å². The molecule has 2 heterocycles. The molecule has 1 aliphatic heterocycles. The Hall–Kier alpha value is -2.83. The van der Waals surface area contributed by atoms with Crippen LogP contribution in [0.3, 0.4) is 0 Å².